The van der Waals surface area contributed by atoms with Crippen molar-refractivity contribution in [2.75, 3.05) is 0 Å². The van der Waals surface area contributed by atoms with Crippen molar-refractivity contribution in [3.63, 3.8) is 0 Å². The Labute approximate surface area is 101 Å². The molecule has 1 fully saturated rings. The summed E-state index contributed by atoms with van der Waals surface area (Å²) in [4.78, 5) is 0. The van der Waals surface area contributed by atoms with E-state index in [9.17, 15) is 4.39 Å². The highest BCUT2D eigenvalue weighted by atomic mass is 35.5. The second kappa shape index (κ2) is 5.15. The van der Waals surface area contributed by atoms with Crippen molar-refractivity contribution < 1.29 is 4.39 Å². The van der Waals surface area contributed by atoms with Gasteiger partial charge in [0, 0.05) is 11.1 Å². The van der Waals surface area contributed by atoms with E-state index in [1.165, 1.54) is 18.9 Å². The summed E-state index contributed by atoms with van der Waals surface area (Å²) in [6, 6.07) is 5.02. The van der Waals surface area contributed by atoms with Gasteiger partial charge in [0.1, 0.15) is 5.82 Å². The molecule has 1 atom stereocenters. The summed E-state index contributed by atoms with van der Waals surface area (Å²) in [5, 5.41) is 0.600. The van der Waals surface area contributed by atoms with Crippen LogP contribution in [0.25, 0.3) is 0 Å². The predicted octanol–water partition coefficient (Wildman–Crippen LogP) is 3.54. The van der Waals surface area contributed by atoms with E-state index in [0.29, 0.717) is 16.6 Å². The maximum absolute atomic E-state index is 13.4. The second-order valence-corrected chi connectivity index (χ2v) is 5.07. The van der Waals surface area contributed by atoms with Crippen molar-refractivity contribution in [1.82, 2.24) is 0 Å². The summed E-state index contributed by atoms with van der Waals surface area (Å²) in [5.74, 6) is 0.564. The highest BCUT2D eigenvalue weighted by Gasteiger charge is 2.27. The molecule has 0 amide bonds. The Balaban J connectivity index is 1.81. The molecule has 0 bridgehead atoms. The summed E-state index contributed by atoms with van der Waals surface area (Å²) >= 11 is 5.83. The van der Waals surface area contributed by atoms with Crippen molar-refractivity contribution in [1.29, 1.82) is 0 Å². The van der Waals surface area contributed by atoms with Crippen LogP contribution in [0.4, 0.5) is 4.39 Å². The monoisotopic (exact) mass is 241 g/mol. The minimum Gasteiger partial charge on any atom is -0.327 e. The average molecular weight is 242 g/mol. The van der Waals surface area contributed by atoms with Crippen molar-refractivity contribution >= 4 is 11.6 Å². The van der Waals surface area contributed by atoms with E-state index in [4.69, 9.17) is 17.3 Å². The quantitative estimate of drug-likeness (QED) is 0.839. The molecule has 1 aromatic carbocycles. The summed E-state index contributed by atoms with van der Waals surface area (Å²) in [6.07, 6.45) is 5.19. The number of nitrogens with two attached hydrogens (primary N) is 1. The number of aryl methyl sites for hydroxylation is 1. The summed E-state index contributed by atoms with van der Waals surface area (Å²) in [6.45, 7) is 0. The molecule has 2 N–H and O–H groups in total. The fraction of sp³-hybridized carbons (Fsp3) is 0.538. The lowest BCUT2D eigenvalue weighted by atomic mass is 10.0. The molecular formula is C13H17ClFN. The Morgan fingerprint density at radius 3 is 2.88 bits per heavy atom. The van der Waals surface area contributed by atoms with Gasteiger partial charge in [-0.1, -0.05) is 11.6 Å². The highest BCUT2D eigenvalue weighted by Crippen LogP contribution is 2.33. The van der Waals surface area contributed by atoms with Gasteiger partial charge in [-0.15, -0.1) is 0 Å². The van der Waals surface area contributed by atoms with Crippen LogP contribution in [0.1, 0.15) is 31.2 Å². The van der Waals surface area contributed by atoms with E-state index < -0.39 is 0 Å². The third-order valence-corrected chi connectivity index (χ3v) is 3.45. The van der Waals surface area contributed by atoms with E-state index in [1.807, 2.05) is 0 Å². The predicted molar refractivity (Wildman–Crippen MR) is 65.0 cm³/mol. The molecule has 0 radical (unpaired) electrons. The fourth-order valence-corrected chi connectivity index (χ4v) is 2.22. The van der Waals surface area contributed by atoms with Crippen LogP contribution in [0.15, 0.2) is 18.2 Å². The van der Waals surface area contributed by atoms with Gasteiger partial charge in [-0.3, -0.25) is 0 Å². The Kier molecular flexibility index (Phi) is 3.82. The van der Waals surface area contributed by atoms with Gasteiger partial charge in [-0.25, -0.2) is 4.39 Å². The lowest BCUT2D eigenvalue weighted by Gasteiger charge is -2.10. The summed E-state index contributed by atoms with van der Waals surface area (Å²) < 4.78 is 13.4. The lowest BCUT2D eigenvalue weighted by Crippen LogP contribution is -2.22. The molecule has 0 saturated heterocycles. The number of hydrogen-bond donors (Lipinski definition) is 1. The molecule has 88 valence electrons. The molecule has 1 unspecified atom stereocenters. The molecule has 2 rings (SSSR count). The topological polar surface area (TPSA) is 26.0 Å². The maximum atomic E-state index is 13.4. The van der Waals surface area contributed by atoms with Gasteiger partial charge in [-0.2, -0.15) is 0 Å². The molecule has 1 aromatic rings. The van der Waals surface area contributed by atoms with Crippen molar-refractivity contribution in [2.24, 2.45) is 11.7 Å². The molecular weight excluding hydrogens is 225 g/mol. The van der Waals surface area contributed by atoms with Gasteiger partial charge >= 0.3 is 0 Å². The molecule has 3 heteroatoms. The zero-order valence-corrected chi connectivity index (χ0v) is 10.0. The van der Waals surface area contributed by atoms with Crippen LogP contribution in [0.3, 0.4) is 0 Å². The summed E-state index contributed by atoms with van der Waals surface area (Å²) in [5.41, 5.74) is 6.70. The number of rotatable bonds is 5. The summed E-state index contributed by atoms with van der Waals surface area (Å²) in [7, 11) is 0. The molecule has 1 nitrogen and oxygen atoms in total. The van der Waals surface area contributed by atoms with E-state index in [-0.39, 0.29) is 5.82 Å². The normalized spacial score (nSPS) is 17.4. The van der Waals surface area contributed by atoms with Crippen molar-refractivity contribution in [2.45, 2.75) is 38.1 Å². The average Bonchev–Trinajstić information content (AvgIpc) is 3.06. The molecule has 0 heterocycles. The lowest BCUT2D eigenvalue weighted by molar-refractivity contribution is 0.521. The van der Waals surface area contributed by atoms with Gasteiger partial charge in [0.15, 0.2) is 0 Å². The van der Waals surface area contributed by atoms with E-state index in [2.05, 4.69) is 0 Å². The van der Waals surface area contributed by atoms with Crippen LogP contribution in [0, 0.1) is 11.7 Å². The van der Waals surface area contributed by atoms with Crippen LogP contribution < -0.4 is 5.73 Å². The number of benzene rings is 1. The van der Waals surface area contributed by atoms with Gasteiger partial charge < -0.3 is 5.73 Å². The number of halogens is 2. The van der Waals surface area contributed by atoms with Gasteiger partial charge in [-0.05, 0) is 61.8 Å². The van der Waals surface area contributed by atoms with Crippen LogP contribution >= 0.6 is 11.6 Å². The first-order chi connectivity index (χ1) is 7.66. The van der Waals surface area contributed by atoms with Gasteiger partial charge in [0.2, 0.25) is 0 Å². The van der Waals surface area contributed by atoms with E-state index in [1.54, 1.807) is 12.1 Å². The Morgan fingerprint density at radius 1 is 1.44 bits per heavy atom. The van der Waals surface area contributed by atoms with Crippen molar-refractivity contribution in [3.8, 4) is 0 Å². The minimum atomic E-state index is -0.163. The van der Waals surface area contributed by atoms with Crippen LogP contribution in [-0.2, 0) is 6.42 Å². The SMILES string of the molecule is NC(CCCc1cc(Cl)ccc1F)C1CC1. The van der Waals surface area contributed by atoms with Gasteiger partial charge in [0.25, 0.3) is 0 Å². The van der Waals surface area contributed by atoms with Crippen molar-refractivity contribution in [3.05, 3.63) is 34.6 Å². The highest BCUT2D eigenvalue weighted by molar-refractivity contribution is 6.30. The second-order valence-electron chi connectivity index (χ2n) is 4.63. The molecule has 0 aromatic heterocycles. The zero-order valence-electron chi connectivity index (χ0n) is 9.26. The standard InChI is InChI=1S/C13H17ClFN/c14-11-6-7-12(15)10(8-11)2-1-3-13(16)9-4-5-9/h6-9,13H,1-5,16H2. The Bertz CT molecular complexity index is 363. The first kappa shape index (κ1) is 11.9. The first-order valence-corrected chi connectivity index (χ1v) is 6.24. The van der Waals surface area contributed by atoms with Gasteiger partial charge in [0.05, 0.1) is 0 Å². The smallest absolute Gasteiger partial charge is 0.126 e. The third kappa shape index (κ3) is 3.19. The minimum absolute atomic E-state index is 0.163. The fourth-order valence-electron chi connectivity index (χ4n) is 2.02. The first-order valence-electron chi connectivity index (χ1n) is 5.86. The molecule has 1 saturated carbocycles. The molecule has 1 aliphatic rings. The van der Waals surface area contributed by atoms with Crippen LogP contribution in [-0.4, -0.2) is 6.04 Å². The van der Waals surface area contributed by atoms with Crippen LogP contribution in [0.5, 0.6) is 0 Å². The van der Waals surface area contributed by atoms with E-state index >= 15 is 0 Å². The molecule has 16 heavy (non-hydrogen) atoms. The van der Waals surface area contributed by atoms with Crippen LogP contribution in [0.2, 0.25) is 5.02 Å². The zero-order chi connectivity index (χ0) is 11.5. The molecule has 0 aliphatic heterocycles. The largest absolute Gasteiger partial charge is 0.327 e. The Morgan fingerprint density at radius 2 is 2.19 bits per heavy atom. The Hall–Kier alpha value is -0.600. The van der Waals surface area contributed by atoms with E-state index in [0.717, 1.165) is 25.2 Å². The third-order valence-electron chi connectivity index (χ3n) is 3.22. The number of hydrogen-bond acceptors (Lipinski definition) is 1. The molecule has 1 aliphatic carbocycles. The maximum Gasteiger partial charge on any atom is 0.126 e. The molecule has 0 spiro atoms.